The number of hydrogen-bond acceptors (Lipinski definition) is 5. The normalized spacial score (nSPS) is 20.2. The molecule has 8 heteroatoms. The zero-order chi connectivity index (χ0) is 20.4. The Morgan fingerprint density at radius 3 is 2.48 bits per heavy atom. The van der Waals surface area contributed by atoms with Gasteiger partial charge in [-0.2, -0.15) is 4.31 Å². The summed E-state index contributed by atoms with van der Waals surface area (Å²) in [6.45, 7) is 1.92. The quantitative estimate of drug-likeness (QED) is 0.607. The van der Waals surface area contributed by atoms with Crippen molar-refractivity contribution in [2.75, 3.05) is 0 Å². The molecule has 2 aromatic carbocycles. The van der Waals surface area contributed by atoms with Gasteiger partial charge in [0.15, 0.2) is 0 Å². The number of benzene rings is 2. The molecule has 1 aliphatic rings. The fourth-order valence-electron chi connectivity index (χ4n) is 3.92. The van der Waals surface area contributed by atoms with Crippen LogP contribution in [0.3, 0.4) is 0 Å². The second kappa shape index (κ2) is 8.04. The Morgan fingerprint density at radius 1 is 1.10 bits per heavy atom. The standard InChI is InChI=1S/C21H22FN3O3S/c1-15-2-10-19(11-3-15)29(26,27)25-18(9-13-21-24-23-14-28-21)8-12-20(25)16-4-6-17(22)7-5-16/h2-7,10-11,14,18,20H,8-9,12-13H2,1H3. The van der Waals surface area contributed by atoms with Crippen LogP contribution in [0, 0.1) is 12.7 Å². The lowest BCUT2D eigenvalue weighted by Crippen LogP contribution is -2.37. The van der Waals surface area contributed by atoms with Gasteiger partial charge in [0.25, 0.3) is 0 Å². The second-order valence-corrected chi connectivity index (χ2v) is 9.16. The summed E-state index contributed by atoms with van der Waals surface area (Å²) in [6.07, 6.45) is 3.73. The van der Waals surface area contributed by atoms with E-state index in [9.17, 15) is 12.8 Å². The Morgan fingerprint density at radius 2 is 1.83 bits per heavy atom. The van der Waals surface area contributed by atoms with Crippen molar-refractivity contribution in [3.63, 3.8) is 0 Å². The Kier molecular flexibility index (Phi) is 5.47. The molecule has 3 aromatic rings. The van der Waals surface area contributed by atoms with Gasteiger partial charge < -0.3 is 4.42 Å². The molecule has 1 aliphatic heterocycles. The minimum atomic E-state index is -3.73. The number of aromatic nitrogens is 2. The highest BCUT2D eigenvalue weighted by Crippen LogP contribution is 2.42. The molecule has 29 heavy (non-hydrogen) atoms. The molecule has 0 radical (unpaired) electrons. The largest absolute Gasteiger partial charge is 0.428 e. The first kappa shape index (κ1) is 19.7. The summed E-state index contributed by atoms with van der Waals surface area (Å²) in [5.74, 6) is 0.149. The van der Waals surface area contributed by atoms with Gasteiger partial charge in [-0.25, -0.2) is 12.8 Å². The summed E-state index contributed by atoms with van der Waals surface area (Å²) >= 11 is 0. The highest BCUT2D eigenvalue weighted by molar-refractivity contribution is 7.89. The molecular weight excluding hydrogens is 393 g/mol. The van der Waals surface area contributed by atoms with E-state index < -0.39 is 10.0 Å². The van der Waals surface area contributed by atoms with Crippen molar-refractivity contribution in [3.05, 3.63) is 77.8 Å². The molecule has 0 saturated carbocycles. The molecule has 0 N–H and O–H groups in total. The van der Waals surface area contributed by atoms with Crippen LogP contribution in [0.1, 0.15) is 42.3 Å². The number of hydrogen-bond donors (Lipinski definition) is 0. The highest BCUT2D eigenvalue weighted by atomic mass is 32.2. The SMILES string of the molecule is Cc1ccc(S(=O)(=O)N2C(CCc3nnco3)CCC2c2ccc(F)cc2)cc1. The van der Waals surface area contributed by atoms with E-state index in [1.165, 1.54) is 18.5 Å². The molecule has 0 aliphatic carbocycles. The van der Waals surface area contributed by atoms with Crippen molar-refractivity contribution < 1.29 is 17.2 Å². The monoisotopic (exact) mass is 415 g/mol. The lowest BCUT2D eigenvalue weighted by molar-refractivity contribution is 0.307. The maximum Gasteiger partial charge on any atom is 0.243 e. The number of aryl methyl sites for hydroxylation is 2. The molecule has 1 saturated heterocycles. The van der Waals surface area contributed by atoms with Crippen LogP contribution in [0.25, 0.3) is 0 Å². The second-order valence-electron chi connectivity index (χ2n) is 7.32. The van der Waals surface area contributed by atoms with Gasteiger partial charge in [0.2, 0.25) is 22.3 Å². The van der Waals surface area contributed by atoms with Crippen LogP contribution in [0.5, 0.6) is 0 Å². The minimum Gasteiger partial charge on any atom is -0.428 e. The Balaban J connectivity index is 1.68. The summed E-state index contributed by atoms with van der Waals surface area (Å²) in [7, 11) is -3.73. The van der Waals surface area contributed by atoms with Gasteiger partial charge in [-0.3, -0.25) is 0 Å². The first-order valence-corrected chi connectivity index (χ1v) is 11.0. The van der Waals surface area contributed by atoms with E-state index in [0.29, 0.717) is 31.6 Å². The average Bonchev–Trinajstić information content (AvgIpc) is 3.37. The summed E-state index contributed by atoms with van der Waals surface area (Å²) in [5, 5.41) is 7.57. The Hall–Kier alpha value is -2.58. The summed E-state index contributed by atoms with van der Waals surface area (Å²) in [6, 6.07) is 12.4. The number of sulfonamides is 1. The molecule has 0 spiro atoms. The lowest BCUT2D eigenvalue weighted by atomic mass is 10.0. The summed E-state index contributed by atoms with van der Waals surface area (Å²) in [4.78, 5) is 0.264. The smallest absolute Gasteiger partial charge is 0.243 e. The molecule has 152 valence electrons. The zero-order valence-electron chi connectivity index (χ0n) is 16.0. The molecule has 0 amide bonds. The summed E-state index contributed by atoms with van der Waals surface area (Å²) < 4.78 is 47.3. The highest BCUT2D eigenvalue weighted by Gasteiger charge is 2.42. The predicted molar refractivity (Wildman–Crippen MR) is 105 cm³/mol. The van der Waals surface area contributed by atoms with Crippen LogP contribution in [-0.4, -0.2) is 29.0 Å². The van der Waals surface area contributed by atoms with Crippen molar-refractivity contribution >= 4 is 10.0 Å². The molecule has 1 fully saturated rings. The van der Waals surface area contributed by atoms with E-state index in [1.807, 2.05) is 6.92 Å². The number of halogens is 1. The van der Waals surface area contributed by atoms with Gasteiger partial charge in [0.05, 0.1) is 10.9 Å². The fourth-order valence-corrected chi connectivity index (χ4v) is 5.81. The third-order valence-electron chi connectivity index (χ3n) is 5.39. The van der Waals surface area contributed by atoms with Gasteiger partial charge in [-0.05, 0) is 56.0 Å². The van der Waals surface area contributed by atoms with Crippen molar-refractivity contribution in [1.29, 1.82) is 0 Å². The maximum atomic E-state index is 13.6. The fraction of sp³-hybridized carbons (Fsp3) is 0.333. The first-order valence-electron chi connectivity index (χ1n) is 9.56. The van der Waals surface area contributed by atoms with Crippen LogP contribution in [0.2, 0.25) is 0 Å². The average molecular weight is 415 g/mol. The van der Waals surface area contributed by atoms with Crippen molar-refractivity contribution in [3.8, 4) is 0 Å². The van der Waals surface area contributed by atoms with E-state index in [4.69, 9.17) is 4.42 Å². The third-order valence-corrected chi connectivity index (χ3v) is 7.36. The zero-order valence-corrected chi connectivity index (χ0v) is 16.8. The maximum absolute atomic E-state index is 13.6. The van der Waals surface area contributed by atoms with E-state index in [-0.39, 0.29) is 22.8 Å². The third kappa shape index (κ3) is 4.09. The van der Waals surface area contributed by atoms with Gasteiger partial charge >= 0.3 is 0 Å². The molecule has 6 nitrogen and oxygen atoms in total. The molecule has 4 rings (SSSR count). The topological polar surface area (TPSA) is 76.3 Å². The minimum absolute atomic E-state index is 0.205. The van der Waals surface area contributed by atoms with Crippen LogP contribution in [-0.2, 0) is 16.4 Å². The van der Waals surface area contributed by atoms with E-state index in [2.05, 4.69) is 10.2 Å². The molecule has 1 aromatic heterocycles. The number of nitrogens with zero attached hydrogens (tertiary/aromatic N) is 3. The van der Waals surface area contributed by atoms with E-state index in [1.54, 1.807) is 40.7 Å². The van der Waals surface area contributed by atoms with Gasteiger partial charge in [0.1, 0.15) is 5.82 Å². The van der Waals surface area contributed by atoms with Gasteiger partial charge in [-0.15, -0.1) is 10.2 Å². The van der Waals surface area contributed by atoms with E-state index in [0.717, 1.165) is 11.1 Å². The van der Waals surface area contributed by atoms with E-state index >= 15 is 0 Å². The van der Waals surface area contributed by atoms with Gasteiger partial charge in [-0.1, -0.05) is 29.8 Å². The van der Waals surface area contributed by atoms with Crippen molar-refractivity contribution in [1.82, 2.24) is 14.5 Å². The molecule has 0 bridgehead atoms. The predicted octanol–water partition coefficient (Wildman–Crippen LogP) is 4.04. The molecule has 2 atom stereocenters. The van der Waals surface area contributed by atoms with Gasteiger partial charge in [0, 0.05) is 12.5 Å². The molecule has 2 heterocycles. The van der Waals surface area contributed by atoms with Crippen LogP contribution < -0.4 is 0 Å². The Labute approximate surface area is 169 Å². The summed E-state index contributed by atoms with van der Waals surface area (Å²) in [5.41, 5.74) is 1.79. The Bertz CT molecular complexity index is 1050. The van der Waals surface area contributed by atoms with Crippen LogP contribution in [0.15, 0.2) is 64.2 Å². The van der Waals surface area contributed by atoms with Crippen LogP contribution >= 0.6 is 0 Å². The molecular formula is C21H22FN3O3S. The van der Waals surface area contributed by atoms with Crippen molar-refractivity contribution in [2.24, 2.45) is 0 Å². The van der Waals surface area contributed by atoms with Crippen molar-refractivity contribution in [2.45, 2.75) is 49.6 Å². The number of rotatable bonds is 6. The lowest BCUT2D eigenvalue weighted by Gasteiger charge is -2.29. The van der Waals surface area contributed by atoms with Crippen LogP contribution in [0.4, 0.5) is 4.39 Å². The molecule has 2 unspecified atom stereocenters. The first-order chi connectivity index (χ1) is 13.9.